The summed E-state index contributed by atoms with van der Waals surface area (Å²) < 4.78 is 13.6. The first-order chi connectivity index (χ1) is 14.4. The fraction of sp³-hybridized carbons (Fsp3) is 0.0455. The Labute approximate surface area is 184 Å². The molecule has 3 aromatic rings. The number of thioether (sulfide) groups is 1. The lowest BCUT2D eigenvalue weighted by Gasteiger charge is -2.13. The predicted octanol–water partition coefficient (Wildman–Crippen LogP) is 5.42. The van der Waals surface area contributed by atoms with Crippen molar-refractivity contribution in [3.63, 3.8) is 0 Å². The van der Waals surface area contributed by atoms with Crippen molar-refractivity contribution in [2.24, 2.45) is 0 Å². The molecule has 3 aromatic carbocycles. The molecule has 30 heavy (non-hydrogen) atoms. The molecular formula is C22H14BrFN2O3S. The highest BCUT2D eigenvalue weighted by Gasteiger charge is 2.36. The van der Waals surface area contributed by atoms with E-state index in [1.54, 1.807) is 6.07 Å². The third-order valence-electron chi connectivity index (χ3n) is 4.48. The molecule has 0 aromatic heterocycles. The average molecular weight is 485 g/mol. The van der Waals surface area contributed by atoms with E-state index in [1.807, 2.05) is 36.4 Å². The Bertz CT molecular complexity index is 1220. The van der Waals surface area contributed by atoms with Crippen LogP contribution >= 0.6 is 27.7 Å². The molecule has 150 valence electrons. The smallest absolute Gasteiger partial charge is 0.294 e. The second-order valence-electron chi connectivity index (χ2n) is 6.52. The maximum atomic E-state index is 13.4. The highest BCUT2D eigenvalue weighted by molar-refractivity contribution is 9.10. The van der Waals surface area contributed by atoms with E-state index in [0.717, 1.165) is 27.4 Å². The van der Waals surface area contributed by atoms with Gasteiger partial charge in [-0.25, -0.2) is 4.39 Å². The van der Waals surface area contributed by atoms with Gasteiger partial charge in [-0.1, -0.05) is 42.5 Å². The van der Waals surface area contributed by atoms with Crippen molar-refractivity contribution < 1.29 is 18.8 Å². The topological polar surface area (TPSA) is 66.5 Å². The van der Waals surface area contributed by atoms with Crippen LogP contribution in [0.3, 0.4) is 0 Å². The van der Waals surface area contributed by atoms with Gasteiger partial charge in [0, 0.05) is 11.1 Å². The summed E-state index contributed by atoms with van der Waals surface area (Å²) in [6.45, 7) is -0.391. The average Bonchev–Trinajstić information content (AvgIpc) is 2.98. The summed E-state index contributed by atoms with van der Waals surface area (Å²) in [7, 11) is 0. The molecule has 3 amide bonds. The lowest BCUT2D eigenvalue weighted by atomic mass is 10.1. The van der Waals surface area contributed by atoms with Crippen molar-refractivity contribution in [1.29, 1.82) is 0 Å². The number of amides is 3. The summed E-state index contributed by atoms with van der Waals surface area (Å²) in [5.74, 6) is -1.46. The molecular weight excluding hydrogens is 471 g/mol. The number of anilines is 1. The molecule has 0 aliphatic carbocycles. The number of halogens is 2. The van der Waals surface area contributed by atoms with Gasteiger partial charge in [0.15, 0.2) is 0 Å². The Kier molecular flexibility index (Phi) is 5.69. The molecule has 8 heteroatoms. The molecule has 1 fully saturated rings. The van der Waals surface area contributed by atoms with Crippen LogP contribution in [0.2, 0.25) is 0 Å². The van der Waals surface area contributed by atoms with E-state index in [-0.39, 0.29) is 9.38 Å². The number of nitrogens with one attached hydrogen (secondary N) is 1. The quantitative estimate of drug-likeness (QED) is 0.502. The van der Waals surface area contributed by atoms with Crippen molar-refractivity contribution in [2.45, 2.75) is 0 Å². The van der Waals surface area contributed by atoms with Crippen molar-refractivity contribution in [1.82, 2.24) is 4.90 Å². The van der Waals surface area contributed by atoms with Crippen LogP contribution in [0.5, 0.6) is 0 Å². The number of rotatable bonds is 4. The number of carbonyl (C=O) groups excluding carboxylic acids is 3. The van der Waals surface area contributed by atoms with Gasteiger partial charge in [-0.05, 0) is 62.9 Å². The normalized spacial score (nSPS) is 15.3. The first-order valence-electron chi connectivity index (χ1n) is 8.90. The number of imide groups is 1. The van der Waals surface area contributed by atoms with Gasteiger partial charge in [-0.3, -0.25) is 19.3 Å². The summed E-state index contributed by atoms with van der Waals surface area (Å²) >= 11 is 3.84. The second-order valence-corrected chi connectivity index (χ2v) is 8.36. The molecule has 0 bridgehead atoms. The van der Waals surface area contributed by atoms with Crippen LogP contribution in [0, 0.1) is 5.82 Å². The Hall–Kier alpha value is -2.97. The predicted molar refractivity (Wildman–Crippen MR) is 119 cm³/mol. The molecule has 4 rings (SSSR count). The van der Waals surface area contributed by atoms with Crippen LogP contribution in [0.4, 0.5) is 14.9 Å². The molecule has 0 unspecified atom stereocenters. The molecule has 0 atom stereocenters. The highest BCUT2D eigenvalue weighted by Crippen LogP contribution is 2.33. The van der Waals surface area contributed by atoms with Crippen molar-refractivity contribution >= 4 is 67.3 Å². The number of carbonyl (C=O) groups is 3. The zero-order chi connectivity index (χ0) is 21.3. The first-order valence-corrected chi connectivity index (χ1v) is 10.5. The van der Waals surface area contributed by atoms with Crippen LogP contribution < -0.4 is 5.32 Å². The Morgan fingerprint density at radius 3 is 2.67 bits per heavy atom. The van der Waals surface area contributed by atoms with Gasteiger partial charge < -0.3 is 5.32 Å². The van der Waals surface area contributed by atoms with Gasteiger partial charge in [-0.2, -0.15) is 0 Å². The molecule has 1 aliphatic heterocycles. The van der Waals surface area contributed by atoms with Crippen LogP contribution in [0.15, 0.2) is 70.0 Å². The molecule has 1 N–H and O–H groups in total. The van der Waals surface area contributed by atoms with Gasteiger partial charge >= 0.3 is 0 Å². The maximum absolute atomic E-state index is 13.4. The van der Waals surface area contributed by atoms with Crippen molar-refractivity contribution in [3.05, 3.63) is 81.4 Å². The van der Waals surface area contributed by atoms with Gasteiger partial charge in [0.1, 0.15) is 12.4 Å². The zero-order valence-corrected chi connectivity index (χ0v) is 17.8. The lowest BCUT2D eigenvalue weighted by Crippen LogP contribution is -2.36. The minimum atomic E-state index is -0.557. The summed E-state index contributed by atoms with van der Waals surface area (Å²) in [5.41, 5.74) is 1.17. The van der Waals surface area contributed by atoms with E-state index >= 15 is 0 Å². The van der Waals surface area contributed by atoms with Crippen LogP contribution in [0.1, 0.15) is 5.56 Å². The molecule has 0 radical (unpaired) electrons. The summed E-state index contributed by atoms with van der Waals surface area (Å²) in [5, 5.41) is 4.07. The highest BCUT2D eigenvalue weighted by atomic mass is 79.9. The fourth-order valence-electron chi connectivity index (χ4n) is 3.06. The number of fused-ring (bicyclic) bond motifs is 1. The van der Waals surface area contributed by atoms with Crippen molar-refractivity contribution in [2.75, 3.05) is 11.9 Å². The number of benzene rings is 3. The Balaban J connectivity index is 1.49. The van der Waals surface area contributed by atoms with Gasteiger partial charge in [0.25, 0.3) is 11.1 Å². The minimum Gasteiger partial charge on any atom is -0.324 e. The minimum absolute atomic E-state index is 0.177. The van der Waals surface area contributed by atoms with Gasteiger partial charge in [0.05, 0.1) is 9.38 Å². The molecule has 1 aliphatic rings. The largest absolute Gasteiger partial charge is 0.324 e. The van der Waals surface area contributed by atoms with E-state index in [0.29, 0.717) is 11.3 Å². The van der Waals surface area contributed by atoms with E-state index in [9.17, 15) is 18.8 Å². The first kappa shape index (κ1) is 20.3. The molecule has 0 spiro atoms. The molecule has 5 nitrogen and oxygen atoms in total. The zero-order valence-electron chi connectivity index (χ0n) is 15.4. The molecule has 0 saturated carbocycles. The van der Waals surface area contributed by atoms with Gasteiger partial charge in [-0.15, -0.1) is 0 Å². The number of hydrogen-bond acceptors (Lipinski definition) is 4. The maximum Gasteiger partial charge on any atom is 0.294 e. The van der Waals surface area contributed by atoms with Crippen LogP contribution in [0.25, 0.3) is 16.8 Å². The standard InChI is InChI=1S/C22H14BrFN2O3S/c23-16-10-13(8-9-17(16)24)11-19-21(28)26(22(29)30-19)12-20(27)25-18-7-3-5-14-4-1-2-6-15(14)18/h1-11H,12H2,(H,25,27)/b19-11+. The monoisotopic (exact) mass is 484 g/mol. The van der Waals surface area contributed by atoms with Crippen molar-refractivity contribution in [3.8, 4) is 0 Å². The summed E-state index contributed by atoms with van der Waals surface area (Å²) in [4.78, 5) is 38.5. The van der Waals surface area contributed by atoms with E-state index in [1.165, 1.54) is 24.3 Å². The van der Waals surface area contributed by atoms with E-state index in [2.05, 4.69) is 21.2 Å². The van der Waals surface area contributed by atoms with Crippen LogP contribution in [-0.2, 0) is 9.59 Å². The van der Waals surface area contributed by atoms with E-state index in [4.69, 9.17) is 0 Å². The second kappa shape index (κ2) is 8.41. The fourth-order valence-corrected chi connectivity index (χ4v) is 4.29. The lowest BCUT2D eigenvalue weighted by molar-refractivity contribution is -0.127. The third kappa shape index (κ3) is 4.15. The number of hydrogen-bond donors (Lipinski definition) is 1. The summed E-state index contributed by atoms with van der Waals surface area (Å²) in [6, 6.07) is 17.4. The summed E-state index contributed by atoms with van der Waals surface area (Å²) in [6.07, 6.45) is 1.50. The third-order valence-corrected chi connectivity index (χ3v) is 6.00. The number of nitrogens with zero attached hydrogens (tertiary/aromatic N) is 1. The Morgan fingerprint density at radius 2 is 1.87 bits per heavy atom. The Morgan fingerprint density at radius 1 is 1.10 bits per heavy atom. The SMILES string of the molecule is O=C(CN1C(=O)S/C(=C/c2ccc(F)c(Br)c2)C1=O)Nc1cccc2ccccc12. The van der Waals surface area contributed by atoms with Gasteiger partial charge in [0.2, 0.25) is 5.91 Å². The van der Waals surface area contributed by atoms with Crippen LogP contribution in [-0.4, -0.2) is 28.5 Å². The molecule has 1 saturated heterocycles. The van der Waals surface area contributed by atoms with E-state index < -0.39 is 29.4 Å². The molecule has 1 heterocycles.